The Morgan fingerprint density at radius 2 is 1.95 bits per heavy atom. The van der Waals surface area contributed by atoms with Gasteiger partial charge < -0.3 is 9.26 Å². The monoisotopic (exact) mass is 288 g/mol. The van der Waals surface area contributed by atoms with Crippen molar-refractivity contribution in [2.75, 3.05) is 7.11 Å². The van der Waals surface area contributed by atoms with E-state index in [0.717, 1.165) is 0 Å². The number of aromatic nitrogens is 2. The number of hydrogen-bond acceptors (Lipinski definition) is 5. The van der Waals surface area contributed by atoms with Gasteiger partial charge in [-0.25, -0.2) is 0 Å². The summed E-state index contributed by atoms with van der Waals surface area (Å²) in [5, 5.41) is 3.94. The predicted molar refractivity (Wildman–Crippen MR) is 78.0 cm³/mol. The Morgan fingerprint density at radius 1 is 1.29 bits per heavy atom. The van der Waals surface area contributed by atoms with Gasteiger partial charge in [0, 0.05) is 12.7 Å². The second kappa shape index (κ2) is 6.18. The van der Waals surface area contributed by atoms with Crippen molar-refractivity contribution in [2.24, 2.45) is 5.41 Å². The maximum Gasteiger partial charge on any atom is 0.234 e. The first-order chi connectivity index (χ1) is 9.91. The number of ketones is 1. The highest BCUT2D eigenvalue weighted by atomic mass is 16.5. The summed E-state index contributed by atoms with van der Waals surface area (Å²) in [6, 6.07) is 9.06. The quantitative estimate of drug-likeness (QED) is 0.790. The van der Waals surface area contributed by atoms with Crippen molar-refractivity contribution in [3.05, 3.63) is 47.6 Å². The van der Waals surface area contributed by atoms with Gasteiger partial charge in [-0.1, -0.05) is 56.3 Å². The third-order valence-electron chi connectivity index (χ3n) is 3.15. The van der Waals surface area contributed by atoms with E-state index in [9.17, 15) is 4.79 Å². The highest BCUT2D eigenvalue weighted by Crippen LogP contribution is 2.33. The van der Waals surface area contributed by atoms with Crippen LogP contribution in [0.5, 0.6) is 0 Å². The molecule has 1 heterocycles. The van der Waals surface area contributed by atoms with Crippen molar-refractivity contribution < 1.29 is 14.1 Å². The molecule has 5 nitrogen and oxygen atoms in total. The van der Waals surface area contributed by atoms with Crippen molar-refractivity contribution >= 4 is 5.78 Å². The van der Waals surface area contributed by atoms with Gasteiger partial charge in [-0.05, 0) is 5.41 Å². The second-order valence-corrected chi connectivity index (χ2v) is 5.99. The van der Waals surface area contributed by atoms with Crippen LogP contribution < -0.4 is 0 Å². The molecule has 1 aromatic heterocycles. The first-order valence-corrected chi connectivity index (χ1v) is 6.85. The Hall–Kier alpha value is -2.01. The van der Waals surface area contributed by atoms with Crippen LogP contribution in [0.1, 0.15) is 48.9 Å². The molecule has 21 heavy (non-hydrogen) atoms. The van der Waals surface area contributed by atoms with Gasteiger partial charge in [0.2, 0.25) is 11.7 Å². The SMILES string of the molecule is COC(c1noc(CC(=O)c2ccccc2)n1)C(C)(C)C. The van der Waals surface area contributed by atoms with Crippen molar-refractivity contribution in [3.8, 4) is 0 Å². The van der Waals surface area contributed by atoms with Crippen LogP contribution in [0.4, 0.5) is 0 Å². The average Bonchev–Trinajstić information content (AvgIpc) is 2.87. The van der Waals surface area contributed by atoms with E-state index in [1.807, 2.05) is 39.0 Å². The zero-order valence-electron chi connectivity index (χ0n) is 12.8. The summed E-state index contributed by atoms with van der Waals surface area (Å²) in [7, 11) is 1.61. The number of hydrogen-bond donors (Lipinski definition) is 0. The molecule has 0 bridgehead atoms. The van der Waals surface area contributed by atoms with Gasteiger partial charge in [-0.3, -0.25) is 4.79 Å². The maximum atomic E-state index is 12.1. The molecule has 0 N–H and O–H groups in total. The van der Waals surface area contributed by atoms with Crippen LogP contribution in [-0.2, 0) is 11.2 Å². The number of methoxy groups -OCH3 is 1. The van der Waals surface area contributed by atoms with Crippen LogP contribution >= 0.6 is 0 Å². The van der Waals surface area contributed by atoms with E-state index in [2.05, 4.69) is 10.1 Å². The number of carbonyl (C=O) groups excluding carboxylic acids is 1. The van der Waals surface area contributed by atoms with Gasteiger partial charge >= 0.3 is 0 Å². The fourth-order valence-corrected chi connectivity index (χ4v) is 2.16. The molecule has 112 valence electrons. The lowest BCUT2D eigenvalue weighted by Crippen LogP contribution is -2.21. The van der Waals surface area contributed by atoms with Crippen molar-refractivity contribution in [1.82, 2.24) is 10.1 Å². The molecule has 2 rings (SSSR count). The zero-order valence-corrected chi connectivity index (χ0v) is 12.8. The molecule has 1 unspecified atom stereocenters. The largest absolute Gasteiger partial charge is 0.373 e. The molecular weight excluding hydrogens is 268 g/mol. The molecule has 1 aromatic carbocycles. The number of Topliss-reactive ketones (excluding diaryl/α,β-unsaturated/α-hetero) is 1. The topological polar surface area (TPSA) is 65.2 Å². The molecule has 2 aromatic rings. The lowest BCUT2D eigenvalue weighted by molar-refractivity contribution is 0.00718. The highest BCUT2D eigenvalue weighted by Gasteiger charge is 2.30. The lowest BCUT2D eigenvalue weighted by Gasteiger charge is -2.26. The van der Waals surface area contributed by atoms with Gasteiger partial charge in [-0.15, -0.1) is 0 Å². The average molecular weight is 288 g/mol. The minimum absolute atomic E-state index is 0.0458. The summed E-state index contributed by atoms with van der Waals surface area (Å²) in [5.41, 5.74) is 0.482. The van der Waals surface area contributed by atoms with Gasteiger partial charge in [-0.2, -0.15) is 4.98 Å². The highest BCUT2D eigenvalue weighted by molar-refractivity contribution is 5.96. The van der Waals surface area contributed by atoms with E-state index < -0.39 is 0 Å². The van der Waals surface area contributed by atoms with Gasteiger partial charge in [0.15, 0.2) is 5.78 Å². The van der Waals surface area contributed by atoms with Crippen LogP contribution in [0.2, 0.25) is 0 Å². The van der Waals surface area contributed by atoms with E-state index in [1.54, 1.807) is 19.2 Å². The summed E-state index contributed by atoms with van der Waals surface area (Å²) < 4.78 is 10.6. The fraction of sp³-hybridized carbons (Fsp3) is 0.438. The number of nitrogens with zero attached hydrogens (tertiary/aromatic N) is 2. The summed E-state index contributed by atoms with van der Waals surface area (Å²) in [4.78, 5) is 16.4. The summed E-state index contributed by atoms with van der Waals surface area (Å²) in [6.07, 6.45) is -0.181. The third-order valence-corrected chi connectivity index (χ3v) is 3.15. The molecule has 5 heteroatoms. The molecule has 0 radical (unpaired) electrons. The molecule has 0 amide bonds. The minimum Gasteiger partial charge on any atom is -0.373 e. The van der Waals surface area contributed by atoms with Crippen LogP contribution in [-0.4, -0.2) is 23.0 Å². The fourth-order valence-electron chi connectivity index (χ4n) is 2.16. The Labute approximate surface area is 124 Å². The molecule has 0 aliphatic rings. The van der Waals surface area contributed by atoms with Crippen molar-refractivity contribution in [2.45, 2.75) is 33.3 Å². The van der Waals surface area contributed by atoms with E-state index >= 15 is 0 Å². The predicted octanol–water partition coefficient (Wildman–Crippen LogP) is 3.23. The van der Waals surface area contributed by atoms with Crippen LogP contribution in [0.3, 0.4) is 0 Å². The molecular formula is C16H20N2O3. The molecule has 0 saturated heterocycles. The number of carbonyl (C=O) groups is 1. The molecule has 0 aliphatic heterocycles. The molecule has 0 fully saturated rings. The first-order valence-electron chi connectivity index (χ1n) is 6.85. The minimum atomic E-state index is -0.276. The van der Waals surface area contributed by atoms with Crippen molar-refractivity contribution in [1.29, 1.82) is 0 Å². The van der Waals surface area contributed by atoms with Crippen LogP contribution in [0.15, 0.2) is 34.9 Å². The van der Waals surface area contributed by atoms with E-state index in [0.29, 0.717) is 17.3 Å². The molecule has 0 spiro atoms. The summed E-state index contributed by atoms with van der Waals surface area (Å²) >= 11 is 0. The van der Waals surface area contributed by atoms with Crippen LogP contribution in [0.25, 0.3) is 0 Å². The smallest absolute Gasteiger partial charge is 0.234 e. The first kappa shape index (κ1) is 15.4. The Kier molecular flexibility index (Phi) is 4.53. The Balaban J connectivity index is 2.12. The van der Waals surface area contributed by atoms with E-state index in [1.165, 1.54) is 0 Å². The van der Waals surface area contributed by atoms with E-state index in [4.69, 9.17) is 9.26 Å². The maximum absolute atomic E-state index is 12.1. The number of benzene rings is 1. The summed E-state index contributed by atoms with van der Waals surface area (Å²) in [5.74, 6) is 0.738. The standard InChI is InChI=1S/C16H20N2O3/c1-16(2,3)14(20-4)15-17-13(21-18-15)10-12(19)11-8-6-5-7-9-11/h5-9,14H,10H2,1-4H3. The normalized spacial score (nSPS) is 13.1. The van der Waals surface area contributed by atoms with E-state index in [-0.39, 0.29) is 23.7 Å². The Bertz CT molecular complexity index is 599. The molecule has 0 saturated carbocycles. The number of rotatable bonds is 5. The number of ether oxygens (including phenoxy) is 1. The van der Waals surface area contributed by atoms with Gasteiger partial charge in [0.05, 0.1) is 6.42 Å². The lowest BCUT2D eigenvalue weighted by atomic mass is 9.88. The van der Waals surface area contributed by atoms with Gasteiger partial charge in [0.1, 0.15) is 6.10 Å². The molecule has 1 atom stereocenters. The third kappa shape index (κ3) is 3.76. The second-order valence-electron chi connectivity index (χ2n) is 5.99. The Morgan fingerprint density at radius 3 is 2.52 bits per heavy atom. The molecule has 0 aliphatic carbocycles. The van der Waals surface area contributed by atoms with Crippen molar-refractivity contribution in [3.63, 3.8) is 0 Å². The van der Waals surface area contributed by atoms with Gasteiger partial charge in [0.25, 0.3) is 0 Å². The zero-order chi connectivity index (χ0) is 15.5. The van der Waals surface area contributed by atoms with Crippen LogP contribution in [0, 0.1) is 5.41 Å². The summed E-state index contributed by atoms with van der Waals surface area (Å²) in [6.45, 7) is 6.10.